The monoisotopic (exact) mass is 593 g/mol. The molecule has 1 saturated heterocycles. The minimum atomic E-state index is 0.187. The third-order valence-corrected chi connectivity index (χ3v) is 7.78. The van der Waals surface area contributed by atoms with Crippen LogP contribution < -0.4 is 10.2 Å². The van der Waals surface area contributed by atoms with Crippen LogP contribution in [0.15, 0.2) is 42.7 Å². The Kier molecular flexibility index (Phi) is 13.4. The van der Waals surface area contributed by atoms with Gasteiger partial charge in [-0.2, -0.15) is 9.61 Å². The fourth-order valence-electron chi connectivity index (χ4n) is 5.28. The summed E-state index contributed by atoms with van der Waals surface area (Å²) in [5.74, 6) is 1.84. The lowest BCUT2D eigenvalue weighted by Gasteiger charge is -2.36. The molecule has 0 unspecified atom stereocenters. The summed E-state index contributed by atoms with van der Waals surface area (Å²) in [5.41, 5.74) is 4.07. The number of piperidine rings is 1. The molecule has 1 aliphatic rings. The third-order valence-electron chi connectivity index (χ3n) is 7.78. The number of rotatable bonds is 19. The third kappa shape index (κ3) is 9.82. The molecular weight excluding hydrogens is 546 g/mol. The van der Waals surface area contributed by atoms with Crippen molar-refractivity contribution in [1.82, 2.24) is 24.5 Å². The number of carbonyl (C=O) groups excluding carboxylic acids is 1. The van der Waals surface area contributed by atoms with Crippen LogP contribution >= 0.6 is 0 Å². The molecule has 2 N–H and O–H groups in total. The first-order valence-electron chi connectivity index (χ1n) is 15.5. The fourth-order valence-corrected chi connectivity index (χ4v) is 5.28. The molecule has 0 radical (unpaired) electrons. The Bertz CT molecular complexity index is 1280. The number of aliphatic hydroxyl groups is 1. The molecule has 0 bridgehead atoms. The summed E-state index contributed by atoms with van der Waals surface area (Å²) in [6.45, 7) is 7.72. The van der Waals surface area contributed by atoms with Crippen molar-refractivity contribution in [2.45, 2.75) is 58.0 Å². The quantitative estimate of drug-likeness (QED) is 0.122. The van der Waals surface area contributed by atoms with Gasteiger partial charge in [0.05, 0.1) is 32.6 Å². The second-order valence-corrected chi connectivity index (χ2v) is 10.9. The Hall–Kier alpha value is -3.38. The number of nitrogens with zero attached hydrogens (tertiary/aromatic N) is 6. The highest BCUT2D eigenvalue weighted by Gasteiger charge is 2.25. The highest BCUT2D eigenvalue weighted by molar-refractivity contribution is 5.64. The Morgan fingerprint density at radius 1 is 1.16 bits per heavy atom. The molecular formula is C32H47N7O4. The van der Waals surface area contributed by atoms with Gasteiger partial charge in [-0.3, -0.25) is 9.78 Å². The van der Waals surface area contributed by atoms with E-state index in [0.29, 0.717) is 39.0 Å². The SMILES string of the molecule is CCc1cnn2c(NCc3ccc(CCOCCOCCN(C)CC=CC=O)nc3)cc(N3CCCC[C@H]3CCO)nc12. The molecule has 11 nitrogen and oxygen atoms in total. The molecule has 234 valence electrons. The number of allylic oxidation sites excluding steroid dienone is 1. The van der Waals surface area contributed by atoms with E-state index < -0.39 is 0 Å². The predicted molar refractivity (Wildman–Crippen MR) is 169 cm³/mol. The number of aliphatic hydroxyl groups excluding tert-OH is 1. The van der Waals surface area contributed by atoms with E-state index in [-0.39, 0.29) is 6.61 Å². The van der Waals surface area contributed by atoms with Gasteiger partial charge in [0.25, 0.3) is 0 Å². The van der Waals surface area contributed by atoms with Gasteiger partial charge in [-0.1, -0.05) is 19.1 Å². The van der Waals surface area contributed by atoms with Crippen LogP contribution in [0.3, 0.4) is 0 Å². The van der Waals surface area contributed by atoms with Gasteiger partial charge in [-0.05, 0) is 56.9 Å². The van der Waals surface area contributed by atoms with Gasteiger partial charge in [0.1, 0.15) is 17.9 Å². The van der Waals surface area contributed by atoms with Crippen LogP contribution in [0.5, 0.6) is 0 Å². The number of nitrogens with one attached hydrogen (secondary N) is 1. The average molecular weight is 594 g/mol. The average Bonchev–Trinajstić information content (AvgIpc) is 3.45. The Morgan fingerprint density at radius 3 is 2.79 bits per heavy atom. The second kappa shape index (κ2) is 17.7. The van der Waals surface area contributed by atoms with E-state index >= 15 is 0 Å². The number of likely N-dealkylation sites (N-methyl/N-ethyl adjacent to an activating group) is 1. The predicted octanol–water partition coefficient (Wildman–Crippen LogP) is 3.30. The lowest BCUT2D eigenvalue weighted by atomic mass is 9.99. The van der Waals surface area contributed by atoms with Gasteiger partial charge >= 0.3 is 0 Å². The molecule has 1 aliphatic heterocycles. The van der Waals surface area contributed by atoms with Crippen molar-refractivity contribution in [3.63, 3.8) is 0 Å². The van der Waals surface area contributed by atoms with Crippen LogP contribution in [-0.2, 0) is 33.7 Å². The number of hydrogen-bond acceptors (Lipinski definition) is 10. The molecule has 0 aliphatic carbocycles. The van der Waals surface area contributed by atoms with E-state index in [4.69, 9.17) is 14.5 Å². The number of hydrogen-bond donors (Lipinski definition) is 2. The standard InChI is InChI=1S/C32H47N7O4/c1-3-27-25-35-39-30(22-31(36-32(27)39)38-14-5-4-8-29(38)11-17-41)34-24-26-9-10-28(33-23-26)12-18-42-20-21-43-19-15-37(2)13-6-7-16-40/h6-7,9-10,16,22-23,25,29,34,41H,3-5,8,11-15,17-21,24H2,1-2H3/t29-/m0/s1. The van der Waals surface area contributed by atoms with E-state index in [2.05, 4.69) is 50.3 Å². The lowest BCUT2D eigenvalue weighted by Crippen LogP contribution is -2.40. The molecule has 3 aromatic rings. The van der Waals surface area contributed by atoms with E-state index in [1.165, 1.54) is 12.5 Å². The summed E-state index contributed by atoms with van der Waals surface area (Å²) in [5, 5.41) is 17.8. The van der Waals surface area contributed by atoms with Gasteiger partial charge in [-0.15, -0.1) is 0 Å². The minimum absolute atomic E-state index is 0.187. The van der Waals surface area contributed by atoms with Crippen molar-refractivity contribution in [2.24, 2.45) is 0 Å². The number of aromatic nitrogens is 4. The zero-order valence-corrected chi connectivity index (χ0v) is 25.7. The second-order valence-electron chi connectivity index (χ2n) is 10.9. The van der Waals surface area contributed by atoms with E-state index in [0.717, 1.165) is 92.1 Å². The van der Waals surface area contributed by atoms with Crippen LogP contribution in [0.1, 0.15) is 49.4 Å². The summed E-state index contributed by atoms with van der Waals surface area (Å²) < 4.78 is 13.2. The van der Waals surface area contributed by atoms with Crippen molar-refractivity contribution in [3.8, 4) is 0 Å². The van der Waals surface area contributed by atoms with Gasteiger partial charge in [0.15, 0.2) is 5.65 Å². The maximum atomic E-state index is 10.3. The summed E-state index contributed by atoms with van der Waals surface area (Å²) in [6, 6.07) is 6.54. The molecule has 0 saturated carbocycles. The zero-order valence-electron chi connectivity index (χ0n) is 25.7. The Morgan fingerprint density at radius 2 is 2.02 bits per heavy atom. The summed E-state index contributed by atoms with van der Waals surface area (Å²) >= 11 is 0. The fraction of sp³-hybridized carbons (Fsp3) is 0.562. The number of anilines is 2. The molecule has 4 rings (SSSR count). The van der Waals surface area contributed by atoms with Crippen LogP contribution in [0.25, 0.3) is 5.65 Å². The summed E-state index contributed by atoms with van der Waals surface area (Å²) in [7, 11) is 1.99. The number of pyridine rings is 1. The van der Waals surface area contributed by atoms with Crippen LogP contribution in [0.4, 0.5) is 11.6 Å². The van der Waals surface area contributed by atoms with Gasteiger partial charge < -0.3 is 29.7 Å². The molecule has 1 atom stereocenters. The summed E-state index contributed by atoms with van der Waals surface area (Å²) in [4.78, 5) is 24.4. The molecule has 4 heterocycles. The van der Waals surface area contributed by atoms with Crippen molar-refractivity contribution in [1.29, 1.82) is 0 Å². The molecule has 0 spiro atoms. The highest BCUT2D eigenvalue weighted by Crippen LogP contribution is 2.29. The zero-order chi connectivity index (χ0) is 30.3. The smallest absolute Gasteiger partial charge is 0.162 e. The normalized spacial score (nSPS) is 15.6. The number of ether oxygens (including phenoxy) is 2. The molecule has 0 amide bonds. The Labute approximate surface area is 254 Å². The number of fused-ring (bicyclic) bond motifs is 1. The van der Waals surface area contributed by atoms with Crippen molar-refractivity contribution >= 4 is 23.6 Å². The van der Waals surface area contributed by atoms with Gasteiger partial charge in [-0.25, -0.2) is 4.98 Å². The number of aryl methyl sites for hydroxylation is 1. The highest BCUT2D eigenvalue weighted by atomic mass is 16.5. The molecule has 43 heavy (non-hydrogen) atoms. The largest absolute Gasteiger partial charge is 0.396 e. The lowest BCUT2D eigenvalue weighted by molar-refractivity contribution is -0.104. The van der Waals surface area contributed by atoms with Crippen LogP contribution in [0.2, 0.25) is 0 Å². The first-order valence-corrected chi connectivity index (χ1v) is 15.5. The maximum Gasteiger partial charge on any atom is 0.162 e. The van der Waals surface area contributed by atoms with E-state index in [1.807, 2.05) is 30.0 Å². The van der Waals surface area contributed by atoms with E-state index in [9.17, 15) is 9.90 Å². The van der Waals surface area contributed by atoms with Crippen LogP contribution in [-0.4, -0.2) is 102 Å². The van der Waals surface area contributed by atoms with Crippen molar-refractivity contribution < 1.29 is 19.4 Å². The molecule has 11 heteroatoms. The number of carbonyl (C=O) groups is 1. The van der Waals surface area contributed by atoms with Crippen molar-refractivity contribution in [2.75, 3.05) is 69.9 Å². The first-order chi connectivity index (χ1) is 21.1. The Balaban J connectivity index is 1.24. The number of aldehydes is 1. The summed E-state index contributed by atoms with van der Waals surface area (Å²) in [6.07, 6.45) is 13.7. The minimum Gasteiger partial charge on any atom is -0.396 e. The topological polar surface area (TPSA) is 117 Å². The molecule has 3 aromatic heterocycles. The maximum absolute atomic E-state index is 10.3. The molecule has 0 aromatic carbocycles. The van der Waals surface area contributed by atoms with Crippen LogP contribution in [0, 0.1) is 0 Å². The van der Waals surface area contributed by atoms with E-state index in [1.54, 1.807) is 0 Å². The first kappa shape index (κ1) is 32.5. The molecule has 1 fully saturated rings. The van der Waals surface area contributed by atoms with Gasteiger partial charge in [0.2, 0.25) is 0 Å². The van der Waals surface area contributed by atoms with Crippen molar-refractivity contribution in [3.05, 3.63) is 59.6 Å². The van der Waals surface area contributed by atoms with Gasteiger partial charge in [0, 0.05) is 68.8 Å².